The molecule has 6 heterocycles. The molecule has 10 nitrogen and oxygen atoms in total. The van der Waals surface area contributed by atoms with Crippen molar-refractivity contribution in [3.8, 4) is 11.8 Å². The quantitative estimate of drug-likeness (QED) is 0.0203. The molecule has 1 N–H and O–H groups in total. The predicted molar refractivity (Wildman–Crippen MR) is 330 cm³/mol. The minimum Gasteiger partial charge on any atom is -0.254 e. The fourth-order valence-electron chi connectivity index (χ4n) is 9.30. The monoisotopic (exact) mass is 1380 g/mol. The van der Waals surface area contributed by atoms with E-state index in [4.69, 9.17) is 4.74 Å². The second kappa shape index (κ2) is 29.6. The molecular formula is C65H59F12N7O3P2Ru. The Morgan fingerprint density at radius 1 is 0.456 bits per heavy atom. The number of pyridine rings is 6. The number of hydrogen-bond acceptors (Lipinski definition) is 9. The van der Waals surface area contributed by atoms with Gasteiger partial charge in [-0.15, -0.1) is 0 Å². The Balaban J connectivity index is 0.000000238. The standard InChI is InChI=1S/C41H43N3O3.2C12H8N2.2F6P.Ru/c1-47-41(46)37(44-40(45)33-18-13-10-14-19-33)29-32-25-23-31(24-26-32)17-11-8-6-4-2-3-5-7-9-12-20-34-30-35-21-15-27-42-38(35)39-36(34)22-16-28-43-39;2*1-3-9-5-6-10-4-2-8-14-12(10)11(9)13-7-1;2*1-7(2,3,4,5)6;/h10,13-16,18-19,21-28,30,37H,2-9,12,20,29H2,1H3,(H,44,45);2*1-8H;;;/q;;;2*-1;+2/t37-;;;;;/m0...../s1. The Labute approximate surface area is 522 Å². The first-order valence-corrected chi connectivity index (χ1v) is 31.9. The van der Waals surface area contributed by atoms with Crippen molar-refractivity contribution in [3.05, 3.63) is 217 Å². The van der Waals surface area contributed by atoms with Crippen LogP contribution in [0.25, 0.3) is 65.4 Å². The second-order valence-corrected chi connectivity index (χ2v) is 24.1. The number of nitrogens with zero attached hydrogens (tertiary/aromatic N) is 6. The van der Waals surface area contributed by atoms with Crippen LogP contribution in [-0.2, 0) is 41.9 Å². The van der Waals surface area contributed by atoms with Gasteiger partial charge < -0.3 is 10.1 Å². The third-order valence-electron chi connectivity index (χ3n) is 13.2. The van der Waals surface area contributed by atoms with Crippen LogP contribution in [0, 0.1) is 11.8 Å². The van der Waals surface area contributed by atoms with Gasteiger partial charge in [-0.1, -0.05) is 141 Å². The Kier molecular flexibility index (Phi) is 23.2. The van der Waals surface area contributed by atoms with Gasteiger partial charge in [0.15, 0.2) is 0 Å². The van der Waals surface area contributed by atoms with Crippen molar-refractivity contribution in [2.24, 2.45) is 0 Å². The van der Waals surface area contributed by atoms with E-state index in [2.05, 4.69) is 114 Å². The van der Waals surface area contributed by atoms with Gasteiger partial charge in [0.1, 0.15) is 6.04 Å². The fraction of sp³-hybridized carbons (Fsp3) is 0.200. The number of hydrogen-bond donors (Lipinski definition) is 1. The van der Waals surface area contributed by atoms with Crippen molar-refractivity contribution in [1.82, 2.24) is 35.2 Å². The van der Waals surface area contributed by atoms with Crippen molar-refractivity contribution in [2.45, 2.75) is 76.7 Å². The maximum absolute atomic E-state index is 12.6. The Morgan fingerprint density at radius 3 is 1.27 bits per heavy atom. The molecule has 0 aliphatic heterocycles. The van der Waals surface area contributed by atoms with Crippen LogP contribution in [0.4, 0.5) is 50.4 Å². The van der Waals surface area contributed by atoms with E-state index in [1.54, 1.807) is 49.1 Å². The molecule has 11 rings (SSSR count). The second-order valence-electron chi connectivity index (χ2n) is 20.3. The molecule has 0 spiro atoms. The number of halogens is 12. The van der Waals surface area contributed by atoms with Crippen LogP contribution in [0.3, 0.4) is 0 Å². The minimum atomic E-state index is -10.7. The molecule has 6 aromatic heterocycles. The van der Waals surface area contributed by atoms with Crippen LogP contribution in [0.2, 0.25) is 0 Å². The zero-order chi connectivity index (χ0) is 64.3. The number of ether oxygens (including phenoxy) is 1. The number of esters is 1. The molecular weight excluding hydrogens is 1320 g/mol. The molecule has 11 aromatic rings. The average Bonchev–Trinajstić information content (AvgIpc) is 0.985. The predicted octanol–water partition coefficient (Wildman–Crippen LogP) is 20.7. The fourth-order valence-corrected chi connectivity index (χ4v) is 9.30. The molecule has 25 heteroatoms. The molecule has 0 bridgehead atoms. The van der Waals surface area contributed by atoms with Crippen molar-refractivity contribution < 1.29 is 84.2 Å². The van der Waals surface area contributed by atoms with Gasteiger partial charge >= 0.3 is 91.4 Å². The van der Waals surface area contributed by atoms with Gasteiger partial charge in [0, 0.05) is 93.5 Å². The molecule has 1 atom stereocenters. The maximum atomic E-state index is 12.6. The van der Waals surface area contributed by atoms with Gasteiger partial charge in [0.25, 0.3) is 5.91 Å². The molecule has 0 unspecified atom stereocenters. The van der Waals surface area contributed by atoms with E-state index in [0.717, 1.165) is 85.0 Å². The molecule has 0 aliphatic carbocycles. The van der Waals surface area contributed by atoms with Crippen LogP contribution >= 0.6 is 15.6 Å². The van der Waals surface area contributed by atoms with Gasteiger partial charge in [-0.2, -0.15) is 0 Å². The number of carbonyl (C=O) groups excluding carboxylic acids is 2. The molecule has 90 heavy (non-hydrogen) atoms. The minimum absolute atomic E-state index is 0. The summed E-state index contributed by atoms with van der Waals surface area (Å²) in [6.07, 6.45) is 23.1. The first-order valence-electron chi connectivity index (χ1n) is 27.8. The molecule has 0 aliphatic rings. The molecule has 0 radical (unpaired) electrons. The van der Waals surface area contributed by atoms with Gasteiger partial charge in [0.2, 0.25) is 0 Å². The zero-order valence-corrected chi connectivity index (χ0v) is 51.5. The summed E-state index contributed by atoms with van der Waals surface area (Å²) in [5.41, 5.74) is 9.66. The van der Waals surface area contributed by atoms with Gasteiger partial charge in [0.05, 0.1) is 40.2 Å². The van der Waals surface area contributed by atoms with E-state index >= 15 is 0 Å². The summed E-state index contributed by atoms with van der Waals surface area (Å²) >= 11 is 0. The van der Waals surface area contributed by atoms with Gasteiger partial charge in [-0.05, 0) is 97.1 Å². The van der Waals surface area contributed by atoms with E-state index in [1.807, 2.05) is 79.1 Å². The Bertz CT molecular complexity index is 4020. The molecule has 0 saturated heterocycles. The maximum Gasteiger partial charge on any atom is 2.00 e. The van der Waals surface area contributed by atoms with E-state index in [9.17, 15) is 60.0 Å². The molecule has 0 fully saturated rings. The van der Waals surface area contributed by atoms with Crippen LogP contribution in [0.15, 0.2) is 195 Å². The third kappa shape index (κ3) is 25.7. The zero-order valence-electron chi connectivity index (χ0n) is 48.0. The summed E-state index contributed by atoms with van der Waals surface area (Å²) in [4.78, 5) is 51.5. The molecule has 1 amide bonds. The number of methoxy groups -OCH3 is 1. The van der Waals surface area contributed by atoms with Crippen LogP contribution in [0.1, 0.15) is 84.8 Å². The van der Waals surface area contributed by atoms with Crippen LogP contribution in [-0.4, -0.2) is 54.9 Å². The van der Waals surface area contributed by atoms with Crippen molar-refractivity contribution in [2.75, 3.05) is 7.11 Å². The average molecular weight is 1380 g/mol. The number of amides is 1. The summed E-state index contributed by atoms with van der Waals surface area (Å²) in [7, 11) is -20.0. The molecule has 5 aromatic carbocycles. The van der Waals surface area contributed by atoms with Gasteiger partial charge in [-0.25, -0.2) is 4.79 Å². The normalized spacial score (nSPS) is 13.0. The Morgan fingerprint density at radius 2 is 0.833 bits per heavy atom. The largest absolute Gasteiger partial charge is 2.00 e. The summed E-state index contributed by atoms with van der Waals surface area (Å²) in [5.74, 6) is 5.78. The SMILES string of the molecule is COC(=O)[C@H](Cc1ccc(C#CCCCCCCCCCCc2cc3cccnc3c3ncccc23)cc1)NC(=O)c1ccccc1.F[P-](F)(F)(F)(F)F.F[P-](F)(F)(F)(F)F.[Ru+2].c1cnc2c(c1)ccc1cccnc12.c1cnc2c(c1)ccc1cccnc12. The number of benzene rings is 5. The van der Waals surface area contributed by atoms with Gasteiger partial charge in [-0.3, -0.25) is 34.7 Å². The van der Waals surface area contributed by atoms with Crippen molar-refractivity contribution in [1.29, 1.82) is 0 Å². The first kappa shape index (κ1) is 70.8. The summed E-state index contributed by atoms with van der Waals surface area (Å²) in [6.45, 7) is 0. The number of nitrogens with one attached hydrogen (secondary N) is 1. The number of carbonyl (C=O) groups is 2. The van der Waals surface area contributed by atoms with Crippen molar-refractivity contribution in [3.63, 3.8) is 0 Å². The topological polar surface area (TPSA) is 133 Å². The smallest absolute Gasteiger partial charge is 0.254 e. The van der Waals surface area contributed by atoms with E-state index in [1.165, 1.54) is 68.4 Å². The molecule has 0 saturated carbocycles. The van der Waals surface area contributed by atoms with Crippen LogP contribution in [0.5, 0.6) is 0 Å². The number of aromatic nitrogens is 6. The summed E-state index contributed by atoms with van der Waals surface area (Å²) < 4.78 is 123. The molecule has 474 valence electrons. The van der Waals surface area contributed by atoms with Crippen LogP contribution < -0.4 is 5.32 Å². The number of rotatable bonds is 15. The van der Waals surface area contributed by atoms with Crippen molar-refractivity contribution >= 4 is 92.9 Å². The summed E-state index contributed by atoms with van der Waals surface area (Å²) in [5, 5.41) is 9.75. The van der Waals surface area contributed by atoms with E-state index < -0.39 is 27.6 Å². The van der Waals surface area contributed by atoms with E-state index in [0.29, 0.717) is 12.0 Å². The Hall–Kier alpha value is -8.30. The number of unbranched alkanes of at least 4 members (excludes halogenated alkanes) is 8. The van der Waals surface area contributed by atoms with E-state index in [-0.39, 0.29) is 25.4 Å². The first-order chi connectivity index (χ1) is 41.9. The summed E-state index contributed by atoms with van der Waals surface area (Å²) in [6, 6.07) is 50.8. The number of aryl methyl sites for hydroxylation is 1. The number of fused-ring (bicyclic) bond motifs is 9. The third-order valence-corrected chi connectivity index (χ3v) is 13.2.